The van der Waals surface area contributed by atoms with Crippen LogP contribution in [-0.4, -0.2) is 28.2 Å². The summed E-state index contributed by atoms with van der Waals surface area (Å²) < 4.78 is 0. The van der Waals surface area contributed by atoms with E-state index in [0.29, 0.717) is 23.6 Å². The van der Waals surface area contributed by atoms with Crippen molar-refractivity contribution >= 4 is 40.5 Å². The highest BCUT2D eigenvalue weighted by Gasteiger charge is 2.19. The lowest BCUT2D eigenvalue weighted by molar-refractivity contribution is -0.129. The fourth-order valence-electron chi connectivity index (χ4n) is 2.73. The van der Waals surface area contributed by atoms with Crippen molar-refractivity contribution in [3.05, 3.63) is 60.7 Å². The fraction of sp³-hybridized carbons (Fsp3) is 0.286. The van der Waals surface area contributed by atoms with Crippen LogP contribution >= 0.6 is 12.2 Å². The van der Waals surface area contributed by atoms with Gasteiger partial charge >= 0.3 is 0 Å². The Morgan fingerprint density at radius 2 is 1.45 bits per heavy atom. The molecule has 2 aromatic rings. The van der Waals surface area contributed by atoms with Crippen LogP contribution in [0.25, 0.3) is 0 Å². The Labute approximate surface area is 175 Å². The van der Waals surface area contributed by atoms with Gasteiger partial charge < -0.3 is 16.0 Å². The van der Waals surface area contributed by atoms with Gasteiger partial charge in [0.1, 0.15) is 6.04 Å². The molecule has 5 N–H and O–H groups in total. The smallest absolute Gasteiger partial charge is 0.246 e. The molecule has 8 heteroatoms. The van der Waals surface area contributed by atoms with E-state index < -0.39 is 11.9 Å². The molecule has 2 rings (SSSR count). The minimum Gasteiger partial charge on any atom is -0.351 e. The van der Waals surface area contributed by atoms with Gasteiger partial charge in [-0.25, -0.2) is 5.48 Å². The quantitative estimate of drug-likeness (QED) is 0.177. The molecule has 0 spiro atoms. The molecule has 0 aromatic heterocycles. The third kappa shape index (κ3) is 8.71. The van der Waals surface area contributed by atoms with E-state index in [1.165, 1.54) is 0 Å². The van der Waals surface area contributed by atoms with Crippen LogP contribution < -0.4 is 21.4 Å². The van der Waals surface area contributed by atoms with Crippen molar-refractivity contribution in [2.24, 2.45) is 0 Å². The largest absolute Gasteiger partial charge is 0.351 e. The molecule has 29 heavy (non-hydrogen) atoms. The molecule has 0 unspecified atom stereocenters. The second-order valence-electron chi connectivity index (χ2n) is 6.51. The molecule has 0 aliphatic rings. The summed E-state index contributed by atoms with van der Waals surface area (Å²) in [5, 5.41) is 17.9. The minimum absolute atomic E-state index is 0.179. The number of nitrogens with one attached hydrogen (secondary N) is 4. The van der Waals surface area contributed by atoms with Crippen LogP contribution in [0.4, 0.5) is 11.4 Å². The fourth-order valence-corrected chi connectivity index (χ4v) is 2.99. The predicted octanol–water partition coefficient (Wildman–Crippen LogP) is 3.44. The third-order valence-electron chi connectivity index (χ3n) is 4.22. The van der Waals surface area contributed by atoms with E-state index in [2.05, 4.69) is 16.0 Å². The van der Waals surface area contributed by atoms with Crippen LogP contribution in [0.15, 0.2) is 60.7 Å². The predicted molar refractivity (Wildman–Crippen MR) is 118 cm³/mol. The van der Waals surface area contributed by atoms with Crippen molar-refractivity contribution in [1.29, 1.82) is 0 Å². The summed E-state index contributed by atoms with van der Waals surface area (Å²) >= 11 is 5.36. The van der Waals surface area contributed by atoms with Crippen molar-refractivity contribution in [1.82, 2.24) is 10.8 Å². The molecule has 0 aliphatic carbocycles. The summed E-state index contributed by atoms with van der Waals surface area (Å²) in [5.74, 6) is -0.587. The molecule has 1 atom stereocenters. The maximum Gasteiger partial charge on any atom is 0.246 e. The molecular formula is C21H26N4O3S. The summed E-state index contributed by atoms with van der Waals surface area (Å²) in [6, 6.07) is 18.2. The van der Waals surface area contributed by atoms with Crippen molar-refractivity contribution in [2.45, 2.75) is 38.1 Å². The lowest BCUT2D eigenvalue weighted by atomic mass is 10.1. The third-order valence-corrected chi connectivity index (χ3v) is 4.44. The van der Waals surface area contributed by atoms with Gasteiger partial charge in [0.25, 0.3) is 0 Å². The van der Waals surface area contributed by atoms with Crippen LogP contribution in [0.5, 0.6) is 0 Å². The van der Waals surface area contributed by atoms with Gasteiger partial charge in [-0.1, -0.05) is 49.2 Å². The SMILES string of the molecule is O=C(CCCCC[C@H](NC(=S)Nc1ccccc1)C(=O)Nc1ccccc1)NO. The lowest BCUT2D eigenvalue weighted by Crippen LogP contribution is -2.45. The number of unbranched alkanes of at least 4 members (excludes halogenated alkanes) is 2. The number of carbonyl (C=O) groups is 2. The Morgan fingerprint density at radius 3 is 2.03 bits per heavy atom. The second kappa shape index (κ2) is 12.5. The number of rotatable bonds is 10. The Morgan fingerprint density at radius 1 is 0.862 bits per heavy atom. The molecule has 0 bridgehead atoms. The summed E-state index contributed by atoms with van der Waals surface area (Å²) in [5.41, 5.74) is 3.17. The first-order valence-electron chi connectivity index (χ1n) is 9.50. The first-order chi connectivity index (χ1) is 14.1. The summed E-state index contributed by atoms with van der Waals surface area (Å²) in [6.07, 6.45) is 2.91. The Hall–Kier alpha value is -2.97. The van der Waals surface area contributed by atoms with Crippen LogP contribution in [0.2, 0.25) is 0 Å². The molecule has 0 radical (unpaired) electrons. The molecule has 0 aliphatic heterocycles. The van der Waals surface area contributed by atoms with Crippen molar-refractivity contribution < 1.29 is 14.8 Å². The summed E-state index contributed by atoms with van der Waals surface area (Å²) in [6.45, 7) is 0. The normalized spacial score (nSPS) is 11.2. The maximum atomic E-state index is 12.8. The maximum absolute atomic E-state index is 12.8. The van der Waals surface area contributed by atoms with Crippen LogP contribution in [0.1, 0.15) is 32.1 Å². The standard InChI is InChI=1S/C21H26N4O3S/c26-19(25-28)15-9-3-8-14-18(20(27)22-16-10-4-1-5-11-16)24-21(29)23-17-12-6-2-7-13-17/h1-2,4-7,10-13,18,28H,3,8-9,14-15H2,(H,22,27)(H,25,26)(H2,23,24,29)/t18-/m0/s1. The van der Waals surface area contributed by atoms with Gasteiger partial charge in [-0.2, -0.15) is 0 Å². The molecule has 0 fully saturated rings. The van der Waals surface area contributed by atoms with Crippen molar-refractivity contribution in [3.63, 3.8) is 0 Å². The zero-order valence-electron chi connectivity index (χ0n) is 16.1. The number of anilines is 2. The number of para-hydroxylation sites is 2. The molecule has 0 saturated carbocycles. The van der Waals surface area contributed by atoms with E-state index in [9.17, 15) is 9.59 Å². The van der Waals surface area contributed by atoms with Gasteiger partial charge in [0.05, 0.1) is 0 Å². The molecular weight excluding hydrogens is 388 g/mol. The lowest BCUT2D eigenvalue weighted by Gasteiger charge is -2.20. The molecule has 2 amide bonds. The molecule has 7 nitrogen and oxygen atoms in total. The molecule has 2 aromatic carbocycles. The van der Waals surface area contributed by atoms with Gasteiger partial charge in [0.15, 0.2) is 5.11 Å². The molecule has 154 valence electrons. The van der Waals surface area contributed by atoms with E-state index in [1.54, 1.807) is 5.48 Å². The van der Waals surface area contributed by atoms with Crippen LogP contribution in [-0.2, 0) is 9.59 Å². The Bertz CT molecular complexity index is 787. The first kappa shape index (κ1) is 22.3. The van der Waals surface area contributed by atoms with Crippen LogP contribution in [0, 0.1) is 0 Å². The number of thiocarbonyl (C=S) groups is 1. The van der Waals surface area contributed by atoms with Gasteiger partial charge in [-0.3, -0.25) is 14.8 Å². The second-order valence-corrected chi connectivity index (χ2v) is 6.91. The number of amides is 2. The summed E-state index contributed by atoms with van der Waals surface area (Å²) in [7, 11) is 0. The van der Waals surface area contributed by atoms with E-state index >= 15 is 0 Å². The first-order valence-corrected chi connectivity index (χ1v) is 9.90. The van der Waals surface area contributed by atoms with E-state index in [4.69, 9.17) is 17.4 Å². The zero-order valence-corrected chi connectivity index (χ0v) is 16.9. The average molecular weight is 415 g/mol. The van der Waals surface area contributed by atoms with Gasteiger partial charge in [-0.15, -0.1) is 0 Å². The van der Waals surface area contributed by atoms with Crippen molar-refractivity contribution in [2.75, 3.05) is 10.6 Å². The number of hydroxylamine groups is 1. The highest BCUT2D eigenvalue weighted by atomic mass is 32.1. The number of carbonyl (C=O) groups excluding carboxylic acids is 2. The molecule has 0 heterocycles. The van der Waals surface area contributed by atoms with E-state index in [-0.39, 0.29) is 12.3 Å². The van der Waals surface area contributed by atoms with Gasteiger partial charge in [0, 0.05) is 17.8 Å². The highest BCUT2D eigenvalue weighted by molar-refractivity contribution is 7.80. The van der Waals surface area contributed by atoms with E-state index in [1.807, 2.05) is 60.7 Å². The van der Waals surface area contributed by atoms with Gasteiger partial charge in [0.2, 0.25) is 11.8 Å². The Kier molecular flexibility index (Phi) is 9.61. The number of hydrogen-bond acceptors (Lipinski definition) is 4. The average Bonchev–Trinajstić information content (AvgIpc) is 2.73. The van der Waals surface area contributed by atoms with Crippen molar-refractivity contribution in [3.8, 4) is 0 Å². The number of benzene rings is 2. The Balaban J connectivity index is 1.91. The zero-order chi connectivity index (χ0) is 20.9. The van der Waals surface area contributed by atoms with Gasteiger partial charge in [-0.05, 0) is 49.3 Å². The molecule has 0 saturated heterocycles. The summed E-state index contributed by atoms with van der Waals surface area (Å²) in [4.78, 5) is 23.8. The number of hydrogen-bond donors (Lipinski definition) is 5. The monoisotopic (exact) mass is 414 g/mol. The minimum atomic E-state index is -0.523. The topological polar surface area (TPSA) is 102 Å². The van der Waals surface area contributed by atoms with Crippen LogP contribution in [0.3, 0.4) is 0 Å². The highest BCUT2D eigenvalue weighted by Crippen LogP contribution is 2.11. The van der Waals surface area contributed by atoms with E-state index in [0.717, 1.165) is 18.5 Å².